The maximum atomic E-state index is 12.3. The number of amides is 1. The van der Waals surface area contributed by atoms with Gasteiger partial charge in [-0.3, -0.25) is 10.1 Å². The molecular weight excluding hydrogens is 479 g/mol. The number of alkyl carbamates (subject to hydrolysis) is 1. The van der Waals surface area contributed by atoms with Crippen molar-refractivity contribution in [2.45, 2.75) is 24.9 Å². The average Bonchev–Trinajstić information content (AvgIpc) is 2.81. The van der Waals surface area contributed by atoms with Crippen LogP contribution in [0.1, 0.15) is 23.4 Å². The molecule has 2 rings (SSSR count). The van der Waals surface area contributed by atoms with Crippen molar-refractivity contribution < 1.29 is 38.2 Å². The number of benzene rings is 2. The van der Waals surface area contributed by atoms with Crippen LogP contribution in [-0.2, 0) is 30.0 Å². The van der Waals surface area contributed by atoms with Crippen molar-refractivity contribution in [2.24, 2.45) is 0 Å². The molecule has 11 nitrogen and oxygen atoms in total. The summed E-state index contributed by atoms with van der Waals surface area (Å²) in [6, 6.07) is 11.2. The zero-order valence-electron chi connectivity index (χ0n) is 17.4. The number of hydrogen-bond donors (Lipinski definition) is 2. The van der Waals surface area contributed by atoms with Crippen molar-refractivity contribution >= 4 is 37.4 Å². The number of halogens is 1. The van der Waals surface area contributed by atoms with Gasteiger partial charge in [-0.15, -0.1) is 4.52 Å². The number of methoxy groups -OCH3 is 1. The topological polar surface area (TPSA) is 154 Å². The number of ether oxygens (including phenoxy) is 2. The molecule has 2 aromatic rings. The van der Waals surface area contributed by atoms with Gasteiger partial charge in [-0.25, -0.2) is 9.59 Å². The fourth-order valence-corrected chi connectivity index (χ4v) is 3.60. The van der Waals surface area contributed by atoms with Crippen LogP contribution in [0.3, 0.4) is 0 Å². The van der Waals surface area contributed by atoms with E-state index in [0.29, 0.717) is 0 Å². The third-order valence-electron chi connectivity index (χ3n) is 4.28. The fourth-order valence-electron chi connectivity index (χ4n) is 2.58. The predicted molar refractivity (Wildman–Crippen MR) is 117 cm³/mol. The third-order valence-corrected chi connectivity index (χ3v) is 5.73. The summed E-state index contributed by atoms with van der Waals surface area (Å²) >= 11 is 5.72. The summed E-state index contributed by atoms with van der Waals surface area (Å²) in [6.07, 6.45) is -1.01. The van der Waals surface area contributed by atoms with Crippen molar-refractivity contribution in [3.63, 3.8) is 0 Å². The largest absolute Gasteiger partial charge is 0.545 e. The highest BCUT2D eigenvalue weighted by Crippen LogP contribution is 2.41. The third kappa shape index (κ3) is 8.07. The molecule has 13 heteroatoms. The Hall–Kier alpha value is -3.11. The normalized spacial score (nSPS) is 12.9. The number of aliphatic hydroxyl groups is 1. The van der Waals surface area contributed by atoms with E-state index < -0.39 is 42.6 Å². The highest BCUT2D eigenvalue weighted by molar-refractivity contribution is 7.39. The molecule has 0 aliphatic heterocycles. The van der Waals surface area contributed by atoms with Crippen molar-refractivity contribution in [3.05, 3.63) is 74.8 Å². The van der Waals surface area contributed by atoms with Crippen LogP contribution >= 0.6 is 19.6 Å². The van der Waals surface area contributed by atoms with Gasteiger partial charge in [-0.2, -0.15) is 0 Å². The second kappa shape index (κ2) is 12.8. The summed E-state index contributed by atoms with van der Waals surface area (Å²) in [4.78, 5) is 34.2. The molecule has 0 aliphatic rings. The van der Waals surface area contributed by atoms with Gasteiger partial charge >= 0.3 is 25.9 Å². The van der Waals surface area contributed by atoms with Gasteiger partial charge in [0.15, 0.2) is 0 Å². The number of esters is 1. The first-order chi connectivity index (χ1) is 15.7. The van der Waals surface area contributed by atoms with Crippen LogP contribution in [0.5, 0.6) is 0 Å². The number of aliphatic hydroxyl groups excluding tert-OH is 1. The molecule has 0 aliphatic carbocycles. The first-order valence-corrected chi connectivity index (χ1v) is 11.1. The van der Waals surface area contributed by atoms with E-state index in [1.165, 1.54) is 12.1 Å². The second-order valence-electron chi connectivity index (χ2n) is 6.53. The number of nitro groups is 1. The Labute approximate surface area is 194 Å². The van der Waals surface area contributed by atoms with Crippen molar-refractivity contribution in [3.8, 4) is 0 Å². The summed E-state index contributed by atoms with van der Waals surface area (Å²) in [5.41, 5.74) is 0.263. The summed E-state index contributed by atoms with van der Waals surface area (Å²) < 4.78 is 27.0. The summed E-state index contributed by atoms with van der Waals surface area (Å²) in [7, 11) is -1.60. The maximum Gasteiger partial charge on any atom is 0.545 e. The molecule has 0 saturated heterocycles. The van der Waals surface area contributed by atoms with Gasteiger partial charge in [0.05, 0.1) is 12.0 Å². The number of carbonyl (C=O) groups is 2. The lowest BCUT2D eigenvalue weighted by atomic mass is 10.2. The number of nitrogens with one attached hydrogen (secondary N) is 1. The zero-order valence-corrected chi connectivity index (χ0v) is 19.0. The minimum atomic E-state index is -2.73. The highest BCUT2D eigenvalue weighted by Gasteiger charge is 2.35. The predicted octanol–water partition coefficient (Wildman–Crippen LogP) is 3.86. The monoisotopic (exact) mass is 499 g/mol. The molecule has 3 atom stereocenters. The fraction of sp³-hybridized carbons (Fsp3) is 0.300. The van der Waals surface area contributed by atoms with E-state index in [1.54, 1.807) is 24.3 Å². The molecule has 0 heterocycles. The molecule has 2 aromatic carbocycles. The molecule has 2 N–H and O–H groups in total. The lowest BCUT2D eigenvalue weighted by Crippen LogP contribution is -2.42. The zero-order chi connectivity index (χ0) is 24.4. The van der Waals surface area contributed by atoms with Gasteiger partial charge in [-0.1, -0.05) is 41.9 Å². The molecule has 0 saturated carbocycles. The Morgan fingerprint density at radius 2 is 1.94 bits per heavy atom. The van der Waals surface area contributed by atoms with Crippen LogP contribution in [0.25, 0.3) is 0 Å². The Balaban J connectivity index is 1.89. The number of hydrogen-bond acceptors (Lipinski definition) is 9. The molecular formula is C20H21ClN2O9P+. The van der Waals surface area contributed by atoms with E-state index in [-0.39, 0.29) is 30.2 Å². The number of carbonyl (C=O) groups excluding carboxylic acids is 2. The molecule has 176 valence electrons. The van der Waals surface area contributed by atoms with Gasteiger partial charge in [0.25, 0.3) is 5.69 Å². The lowest BCUT2D eigenvalue weighted by molar-refractivity contribution is -0.384. The first-order valence-electron chi connectivity index (χ1n) is 9.49. The van der Waals surface area contributed by atoms with Crippen LogP contribution in [0.15, 0.2) is 48.5 Å². The SMILES string of the molecule is COC(=O)[C@H](CCO[P+](=O)C(O)c1ccc(Cl)c([N+](=O)[O-])c1)NC(=O)OCc1ccccc1. The summed E-state index contributed by atoms with van der Waals surface area (Å²) in [6.45, 7) is -0.316. The summed E-state index contributed by atoms with van der Waals surface area (Å²) in [5.74, 6) is -2.45. The van der Waals surface area contributed by atoms with Crippen LogP contribution < -0.4 is 5.32 Å². The van der Waals surface area contributed by atoms with Gasteiger partial charge in [0.1, 0.15) is 24.3 Å². The van der Waals surface area contributed by atoms with E-state index in [2.05, 4.69) is 10.1 Å². The Morgan fingerprint density at radius 3 is 2.58 bits per heavy atom. The number of rotatable bonds is 11. The van der Waals surface area contributed by atoms with Crippen LogP contribution in [0.2, 0.25) is 5.02 Å². The second-order valence-corrected chi connectivity index (χ2v) is 8.26. The molecule has 0 aromatic heterocycles. The quantitative estimate of drug-likeness (QED) is 0.203. The van der Waals surface area contributed by atoms with E-state index in [4.69, 9.17) is 20.9 Å². The molecule has 33 heavy (non-hydrogen) atoms. The standard InChI is InChI=1S/C20H20ClN2O9P/c1-30-18(24)16(22-20(26)31-12-13-5-3-2-4-6-13)9-10-32-33(29)19(25)14-7-8-15(21)17(11-14)23(27)28/h2-8,11,16,19,25H,9-10,12H2,1H3/p+1/t16-,19?/m0/s1. The molecule has 2 unspecified atom stereocenters. The molecule has 0 fully saturated rings. The van der Waals surface area contributed by atoms with Crippen LogP contribution in [-0.4, -0.2) is 41.9 Å². The average molecular weight is 500 g/mol. The Bertz CT molecular complexity index is 1010. The van der Waals surface area contributed by atoms with Crippen molar-refractivity contribution in [2.75, 3.05) is 13.7 Å². The smallest absolute Gasteiger partial charge is 0.467 e. The van der Waals surface area contributed by atoms with Gasteiger partial charge in [0.2, 0.25) is 0 Å². The molecule has 0 bridgehead atoms. The van der Waals surface area contributed by atoms with E-state index in [1.807, 2.05) is 6.07 Å². The molecule has 0 spiro atoms. The van der Waals surface area contributed by atoms with E-state index >= 15 is 0 Å². The number of nitrogens with zero attached hydrogens (tertiary/aromatic N) is 1. The molecule has 1 amide bonds. The van der Waals surface area contributed by atoms with Crippen LogP contribution in [0.4, 0.5) is 10.5 Å². The Kier molecular flexibility index (Phi) is 10.1. The number of nitro benzene ring substituents is 1. The highest BCUT2D eigenvalue weighted by atomic mass is 35.5. The maximum absolute atomic E-state index is 12.3. The van der Waals surface area contributed by atoms with E-state index in [0.717, 1.165) is 18.7 Å². The minimum Gasteiger partial charge on any atom is -0.467 e. The van der Waals surface area contributed by atoms with Crippen LogP contribution in [0, 0.1) is 10.1 Å². The molecule has 0 radical (unpaired) electrons. The van der Waals surface area contributed by atoms with Gasteiger partial charge < -0.3 is 19.9 Å². The van der Waals surface area contributed by atoms with Gasteiger partial charge in [0, 0.05) is 18.1 Å². The summed E-state index contributed by atoms with van der Waals surface area (Å²) in [5, 5.41) is 23.3. The van der Waals surface area contributed by atoms with Gasteiger partial charge in [-0.05, 0) is 22.3 Å². The first kappa shape index (κ1) is 26.1. The van der Waals surface area contributed by atoms with Crippen molar-refractivity contribution in [1.82, 2.24) is 5.32 Å². The minimum absolute atomic E-state index is 0.0116. The van der Waals surface area contributed by atoms with E-state index in [9.17, 15) is 29.4 Å². The Morgan fingerprint density at radius 1 is 1.24 bits per heavy atom. The van der Waals surface area contributed by atoms with Crippen molar-refractivity contribution in [1.29, 1.82) is 0 Å². The lowest BCUT2D eigenvalue weighted by Gasteiger charge is -2.15.